The monoisotopic (exact) mass is 459 g/mol. The van der Waals surface area contributed by atoms with Gasteiger partial charge in [-0.25, -0.2) is 0 Å². The van der Waals surface area contributed by atoms with Crippen molar-refractivity contribution in [2.24, 2.45) is 0 Å². The summed E-state index contributed by atoms with van der Waals surface area (Å²) >= 11 is 0. The summed E-state index contributed by atoms with van der Waals surface area (Å²) < 4.78 is 11.4. The van der Waals surface area contributed by atoms with Crippen molar-refractivity contribution in [1.29, 1.82) is 0 Å². The van der Waals surface area contributed by atoms with Crippen LogP contribution >= 0.6 is 0 Å². The Bertz CT molecular complexity index is 1020. The van der Waals surface area contributed by atoms with Crippen molar-refractivity contribution in [3.8, 4) is 11.5 Å². The van der Waals surface area contributed by atoms with E-state index < -0.39 is 0 Å². The fourth-order valence-electron chi connectivity index (χ4n) is 4.53. The smallest absolute Gasteiger partial charge is 0.123 e. The standard InChI is InChI=1S/C29H37N3O2/c1-23(7-8-24-9-12-28(33-3)13-10-24)32-18-19-34-29-14-11-25(20-26(29)22-32)21-31(2)17-15-27-6-4-5-16-30-27/h4-6,9-14,16,20,23H,7-8,15,17-19,21-22H2,1-3H3/t23-/m0/s1. The molecule has 5 nitrogen and oxygen atoms in total. The molecule has 3 aromatic rings. The Hall–Kier alpha value is -2.89. The number of methoxy groups -OCH3 is 1. The van der Waals surface area contributed by atoms with E-state index in [1.54, 1.807) is 7.11 Å². The fourth-order valence-corrected chi connectivity index (χ4v) is 4.53. The van der Waals surface area contributed by atoms with Crippen LogP contribution in [0.2, 0.25) is 0 Å². The molecule has 0 saturated heterocycles. The van der Waals surface area contributed by atoms with Crippen LogP contribution in [0.15, 0.2) is 66.9 Å². The van der Waals surface area contributed by atoms with E-state index in [-0.39, 0.29) is 0 Å². The SMILES string of the molecule is COc1ccc(CC[C@H](C)N2CCOc3ccc(CN(C)CCc4ccccn4)cc3C2)cc1. The van der Waals surface area contributed by atoms with Gasteiger partial charge in [0, 0.05) is 56.1 Å². The largest absolute Gasteiger partial charge is 0.497 e. The quantitative estimate of drug-likeness (QED) is 0.427. The Kier molecular flexibility index (Phi) is 8.56. The number of hydrogen-bond acceptors (Lipinski definition) is 5. The fraction of sp³-hybridized carbons (Fsp3) is 0.414. The van der Waals surface area contributed by atoms with E-state index in [2.05, 4.69) is 71.2 Å². The van der Waals surface area contributed by atoms with Crippen molar-refractivity contribution < 1.29 is 9.47 Å². The molecule has 0 N–H and O–H groups in total. The lowest BCUT2D eigenvalue weighted by molar-refractivity contribution is 0.172. The van der Waals surface area contributed by atoms with Crippen LogP contribution < -0.4 is 9.47 Å². The number of likely N-dealkylation sites (N-methyl/N-ethyl adjacent to an activating group) is 1. The minimum Gasteiger partial charge on any atom is -0.497 e. The Morgan fingerprint density at radius 3 is 2.65 bits per heavy atom. The highest BCUT2D eigenvalue weighted by molar-refractivity contribution is 5.38. The zero-order valence-corrected chi connectivity index (χ0v) is 20.7. The van der Waals surface area contributed by atoms with Crippen molar-refractivity contribution in [3.05, 3.63) is 89.2 Å². The lowest BCUT2D eigenvalue weighted by atomic mass is 10.0. The molecule has 0 unspecified atom stereocenters. The highest BCUT2D eigenvalue weighted by atomic mass is 16.5. The molecule has 180 valence electrons. The molecule has 0 bridgehead atoms. The zero-order chi connectivity index (χ0) is 23.8. The predicted octanol–water partition coefficient (Wildman–Crippen LogP) is 4.98. The molecule has 0 radical (unpaired) electrons. The highest BCUT2D eigenvalue weighted by Crippen LogP contribution is 2.27. The minimum absolute atomic E-state index is 0.487. The Balaban J connectivity index is 1.32. The summed E-state index contributed by atoms with van der Waals surface area (Å²) in [6, 6.07) is 21.7. The summed E-state index contributed by atoms with van der Waals surface area (Å²) in [5.74, 6) is 1.95. The second-order valence-electron chi connectivity index (χ2n) is 9.31. The zero-order valence-electron chi connectivity index (χ0n) is 20.7. The Morgan fingerprint density at radius 1 is 1.06 bits per heavy atom. The first-order valence-corrected chi connectivity index (χ1v) is 12.3. The third kappa shape index (κ3) is 6.81. The number of aromatic nitrogens is 1. The van der Waals surface area contributed by atoms with Gasteiger partial charge in [0.15, 0.2) is 0 Å². The molecular weight excluding hydrogens is 422 g/mol. The van der Waals surface area contributed by atoms with Crippen LogP contribution in [0.1, 0.15) is 35.7 Å². The molecule has 2 aromatic carbocycles. The summed E-state index contributed by atoms with van der Waals surface area (Å²) in [6.07, 6.45) is 5.02. The van der Waals surface area contributed by atoms with E-state index in [1.807, 2.05) is 24.4 Å². The number of pyridine rings is 1. The third-order valence-electron chi connectivity index (χ3n) is 6.70. The second-order valence-corrected chi connectivity index (χ2v) is 9.31. The van der Waals surface area contributed by atoms with E-state index >= 15 is 0 Å². The van der Waals surface area contributed by atoms with E-state index in [4.69, 9.17) is 9.47 Å². The molecular formula is C29H37N3O2. The van der Waals surface area contributed by atoms with Crippen LogP contribution in [0.5, 0.6) is 11.5 Å². The molecule has 0 saturated carbocycles. The first-order chi connectivity index (χ1) is 16.6. The molecule has 34 heavy (non-hydrogen) atoms. The molecule has 2 heterocycles. The Labute approximate surface area is 204 Å². The van der Waals surface area contributed by atoms with Crippen LogP contribution in [0, 0.1) is 0 Å². The van der Waals surface area contributed by atoms with Crippen LogP contribution in [0.4, 0.5) is 0 Å². The molecule has 1 aliphatic heterocycles. The van der Waals surface area contributed by atoms with Gasteiger partial charge in [-0.1, -0.05) is 24.3 Å². The number of aryl methyl sites for hydroxylation is 1. The number of nitrogens with zero attached hydrogens (tertiary/aromatic N) is 3. The van der Waals surface area contributed by atoms with Gasteiger partial charge in [-0.2, -0.15) is 0 Å². The number of rotatable bonds is 10. The molecule has 4 rings (SSSR count). The van der Waals surface area contributed by atoms with Gasteiger partial charge in [0.1, 0.15) is 18.1 Å². The second kappa shape index (κ2) is 12.0. The molecule has 0 fully saturated rings. The molecule has 0 spiro atoms. The maximum absolute atomic E-state index is 6.11. The molecule has 1 aromatic heterocycles. The predicted molar refractivity (Wildman–Crippen MR) is 137 cm³/mol. The van der Waals surface area contributed by atoms with Crippen molar-refractivity contribution in [2.75, 3.05) is 33.9 Å². The van der Waals surface area contributed by atoms with Crippen LogP contribution in [-0.4, -0.2) is 54.7 Å². The van der Waals surface area contributed by atoms with E-state index in [1.165, 1.54) is 16.7 Å². The van der Waals surface area contributed by atoms with Crippen LogP contribution in [-0.2, 0) is 25.9 Å². The summed E-state index contributed by atoms with van der Waals surface area (Å²) in [5, 5.41) is 0. The van der Waals surface area contributed by atoms with Crippen molar-refractivity contribution in [3.63, 3.8) is 0 Å². The maximum atomic E-state index is 6.11. The highest BCUT2D eigenvalue weighted by Gasteiger charge is 2.20. The number of hydrogen-bond donors (Lipinski definition) is 0. The van der Waals surface area contributed by atoms with Gasteiger partial charge in [-0.05, 0) is 74.3 Å². The number of fused-ring (bicyclic) bond motifs is 1. The summed E-state index contributed by atoms with van der Waals surface area (Å²) in [4.78, 5) is 9.36. The van der Waals surface area contributed by atoms with Gasteiger partial charge >= 0.3 is 0 Å². The minimum atomic E-state index is 0.487. The first-order valence-electron chi connectivity index (χ1n) is 12.3. The summed E-state index contributed by atoms with van der Waals surface area (Å²) in [5.41, 5.74) is 5.13. The molecule has 0 amide bonds. The van der Waals surface area contributed by atoms with Crippen LogP contribution in [0.25, 0.3) is 0 Å². The number of ether oxygens (including phenoxy) is 2. The third-order valence-corrected chi connectivity index (χ3v) is 6.70. The van der Waals surface area contributed by atoms with E-state index in [0.717, 1.165) is 69.2 Å². The summed E-state index contributed by atoms with van der Waals surface area (Å²) in [7, 11) is 3.89. The van der Waals surface area contributed by atoms with Crippen molar-refractivity contribution >= 4 is 0 Å². The number of benzene rings is 2. The van der Waals surface area contributed by atoms with Gasteiger partial charge in [0.25, 0.3) is 0 Å². The van der Waals surface area contributed by atoms with Crippen molar-refractivity contribution in [1.82, 2.24) is 14.8 Å². The van der Waals surface area contributed by atoms with Gasteiger partial charge in [0.2, 0.25) is 0 Å². The summed E-state index contributed by atoms with van der Waals surface area (Å²) in [6.45, 7) is 6.88. The Morgan fingerprint density at radius 2 is 1.88 bits per heavy atom. The lowest BCUT2D eigenvalue weighted by Gasteiger charge is -2.27. The topological polar surface area (TPSA) is 37.8 Å². The van der Waals surface area contributed by atoms with Crippen LogP contribution in [0.3, 0.4) is 0 Å². The first kappa shape index (κ1) is 24.2. The van der Waals surface area contributed by atoms with Gasteiger partial charge in [-0.3, -0.25) is 9.88 Å². The van der Waals surface area contributed by atoms with Gasteiger partial charge in [-0.15, -0.1) is 0 Å². The van der Waals surface area contributed by atoms with Gasteiger partial charge < -0.3 is 14.4 Å². The molecule has 1 aliphatic rings. The average Bonchev–Trinajstić information content (AvgIpc) is 3.09. The molecule has 5 heteroatoms. The van der Waals surface area contributed by atoms with E-state index in [9.17, 15) is 0 Å². The maximum Gasteiger partial charge on any atom is 0.123 e. The lowest BCUT2D eigenvalue weighted by Crippen LogP contribution is -2.34. The normalized spacial score (nSPS) is 14.8. The molecule has 1 atom stereocenters. The van der Waals surface area contributed by atoms with Crippen molar-refractivity contribution in [2.45, 2.75) is 45.3 Å². The molecule has 0 aliphatic carbocycles. The average molecular weight is 460 g/mol. The van der Waals surface area contributed by atoms with Gasteiger partial charge in [0.05, 0.1) is 7.11 Å². The van der Waals surface area contributed by atoms with E-state index in [0.29, 0.717) is 6.04 Å².